The third kappa shape index (κ3) is 0.843. The number of hydrogen-bond donors (Lipinski definition) is 0. The lowest BCUT2D eigenvalue weighted by Gasteiger charge is -2.50. The number of fused-ring (bicyclic) bond motifs is 3. The van der Waals surface area contributed by atoms with Crippen molar-refractivity contribution in [2.24, 2.45) is 22.4 Å². The topological polar surface area (TPSA) is 21.6 Å². The van der Waals surface area contributed by atoms with Gasteiger partial charge in [-0.2, -0.15) is 0 Å². The predicted molar refractivity (Wildman–Crippen MR) is 71.6 cm³/mol. The largest absolute Gasteiger partial charge is 0.392 e. The van der Waals surface area contributed by atoms with Crippen LogP contribution in [0.25, 0.3) is 0 Å². The van der Waals surface area contributed by atoms with E-state index in [1.54, 1.807) is 0 Å². The fraction of sp³-hybridized carbons (Fsp3) is 0.786. The Labute approximate surface area is 104 Å². The van der Waals surface area contributed by atoms with Crippen LogP contribution in [0.3, 0.4) is 0 Å². The zero-order valence-electron chi connectivity index (χ0n) is 11.0. The van der Waals surface area contributed by atoms with E-state index in [2.05, 4.69) is 36.9 Å². The molecule has 2 nitrogen and oxygen atoms in total. The van der Waals surface area contributed by atoms with Gasteiger partial charge in [-0.05, 0) is 31.6 Å². The summed E-state index contributed by atoms with van der Waals surface area (Å²) >= 11 is 0. The van der Waals surface area contributed by atoms with Crippen LogP contribution in [0.1, 0.15) is 25.7 Å². The number of allylic oxidation sites excluding steroid dienone is 1. The van der Waals surface area contributed by atoms with Gasteiger partial charge in [0.05, 0.1) is 11.1 Å². The standard InChI is InChI=1S/C14H21NOSi/c1-17(2,3)14-11-7-6-10(9-11)13(14)8-4-5-12(13)15-16-14/h6-7,10-11H,4-5,8-9H2,1-3H3/t10-,11+,13-,14+/m1/s1. The van der Waals surface area contributed by atoms with Crippen molar-refractivity contribution in [2.45, 2.75) is 50.5 Å². The van der Waals surface area contributed by atoms with Crippen molar-refractivity contribution in [3.05, 3.63) is 12.2 Å². The molecule has 4 aliphatic rings. The molecule has 0 unspecified atom stereocenters. The highest BCUT2D eigenvalue weighted by Gasteiger charge is 2.77. The smallest absolute Gasteiger partial charge is 0.141 e. The van der Waals surface area contributed by atoms with Gasteiger partial charge in [-0.25, -0.2) is 0 Å². The molecular formula is C14H21NOSi. The average Bonchev–Trinajstić information content (AvgIpc) is 2.90. The molecule has 0 aromatic rings. The zero-order valence-corrected chi connectivity index (χ0v) is 12.0. The van der Waals surface area contributed by atoms with Gasteiger partial charge in [0, 0.05) is 5.92 Å². The van der Waals surface area contributed by atoms with E-state index in [1.807, 2.05) is 0 Å². The van der Waals surface area contributed by atoms with Gasteiger partial charge in [0.15, 0.2) is 0 Å². The van der Waals surface area contributed by atoms with Gasteiger partial charge in [-0.1, -0.05) is 36.9 Å². The molecule has 0 aromatic heterocycles. The van der Waals surface area contributed by atoms with Gasteiger partial charge >= 0.3 is 0 Å². The lowest BCUT2D eigenvalue weighted by molar-refractivity contribution is -0.0349. The SMILES string of the molecule is C[Si](C)(C)[C@]12ON=C3CCC[C@@]31[C@@H]1C=C[C@H]2C1. The van der Waals surface area contributed by atoms with Crippen LogP contribution < -0.4 is 0 Å². The summed E-state index contributed by atoms with van der Waals surface area (Å²) in [5.74, 6) is 1.36. The molecule has 1 heterocycles. The van der Waals surface area contributed by atoms with Crippen molar-refractivity contribution in [3.8, 4) is 0 Å². The fourth-order valence-electron chi connectivity index (χ4n) is 5.44. The first-order valence-electron chi connectivity index (χ1n) is 6.96. The Morgan fingerprint density at radius 1 is 1.29 bits per heavy atom. The molecule has 3 heteroatoms. The molecule has 1 spiro atoms. The van der Waals surface area contributed by atoms with Gasteiger partial charge in [0.1, 0.15) is 13.3 Å². The van der Waals surface area contributed by atoms with Gasteiger partial charge in [-0.3, -0.25) is 0 Å². The maximum atomic E-state index is 6.22. The van der Waals surface area contributed by atoms with Crippen molar-refractivity contribution in [1.29, 1.82) is 0 Å². The Morgan fingerprint density at radius 2 is 2.06 bits per heavy atom. The Balaban J connectivity index is 1.98. The van der Waals surface area contributed by atoms with Crippen LogP contribution >= 0.6 is 0 Å². The van der Waals surface area contributed by atoms with E-state index in [1.165, 1.54) is 31.4 Å². The van der Waals surface area contributed by atoms with Crippen molar-refractivity contribution in [2.75, 3.05) is 0 Å². The minimum absolute atomic E-state index is 0.0885. The molecule has 3 aliphatic carbocycles. The highest BCUT2D eigenvalue weighted by molar-refractivity contribution is 6.79. The van der Waals surface area contributed by atoms with Crippen molar-refractivity contribution < 1.29 is 4.84 Å². The molecule has 2 bridgehead atoms. The number of rotatable bonds is 1. The van der Waals surface area contributed by atoms with Gasteiger partial charge in [0.25, 0.3) is 0 Å². The zero-order chi connectivity index (χ0) is 11.9. The highest BCUT2D eigenvalue weighted by Crippen LogP contribution is 2.70. The van der Waals surface area contributed by atoms with Crippen LogP contribution in [0.4, 0.5) is 0 Å². The monoisotopic (exact) mass is 247 g/mol. The number of oxime groups is 1. The third-order valence-electron chi connectivity index (χ3n) is 5.82. The molecule has 2 saturated carbocycles. The normalized spacial score (nSPS) is 50.2. The maximum absolute atomic E-state index is 6.22. The molecule has 4 atom stereocenters. The number of nitrogens with zero attached hydrogens (tertiary/aromatic N) is 1. The van der Waals surface area contributed by atoms with Crippen molar-refractivity contribution >= 4 is 13.8 Å². The first kappa shape index (κ1) is 10.4. The summed E-state index contributed by atoms with van der Waals surface area (Å²) in [5, 5.41) is 4.65. The average molecular weight is 247 g/mol. The number of hydrogen-bond acceptors (Lipinski definition) is 2. The summed E-state index contributed by atoms with van der Waals surface area (Å²) < 4.78 is 0. The predicted octanol–water partition coefficient (Wildman–Crippen LogP) is 3.37. The van der Waals surface area contributed by atoms with Crippen LogP contribution in [-0.4, -0.2) is 19.0 Å². The molecule has 0 saturated heterocycles. The molecule has 2 fully saturated rings. The molecule has 0 amide bonds. The van der Waals surface area contributed by atoms with E-state index in [9.17, 15) is 0 Å². The maximum Gasteiger partial charge on any atom is 0.141 e. The molecular weight excluding hydrogens is 226 g/mol. The van der Waals surface area contributed by atoms with Crippen LogP contribution in [0.2, 0.25) is 19.6 Å². The van der Waals surface area contributed by atoms with E-state index in [-0.39, 0.29) is 5.22 Å². The summed E-state index contributed by atoms with van der Waals surface area (Å²) in [4.78, 5) is 6.22. The summed E-state index contributed by atoms with van der Waals surface area (Å²) in [6.45, 7) is 7.42. The Kier molecular flexibility index (Phi) is 1.65. The molecule has 17 heavy (non-hydrogen) atoms. The van der Waals surface area contributed by atoms with Gasteiger partial charge in [0.2, 0.25) is 0 Å². The van der Waals surface area contributed by atoms with Gasteiger partial charge < -0.3 is 4.84 Å². The van der Waals surface area contributed by atoms with E-state index in [0.717, 1.165) is 5.92 Å². The van der Waals surface area contributed by atoms with E-state index < -0.39 is 8.07 Å². The second kappa shape index (κ2) is 2.71. The molecule has 0 aromatic carbocycles. The Hall–Kier alpha value is -0.573. The molecule has 0 N–H and O–H groups in total. The molecule has 0 radical (unpaired) electrons. The van der Waals surface area contributed by atoms with E-state index >= 15 is 0 Å². The lowest BCUT2D eigenvalue weighted by Crippen LogP contribution is -2.65. The Morgan fingerprint density at radius 3 is 2.82 bits per heavy atom. The molecule has 92 valence electrons. The van der Waals surface area contributed by atoms with Crippen molar-refractivity contribution in [3.63, 3.8) is 0 Å². The second-order valence-electron chi connectivity index (χ2n) is 7.27. The summed E-state index contributed by atoms with van der Waals surface area (Å²) in [6.07, 6.45) is 10.1. The molecule has 1 aliphatic heterocycles. The van der Waals surface area contributed by atoms with Gasteiger partial charge in [-0.15, -0.1) is 0 Å². The minimum Gasteiger partial charge on any atom is -0.392 e. The second-order valence-corrected chi connectivity index (χ2v) is 12.5. The van der Waals surface area contributed by atoms with Crippen LogP contribution in [-0.2, 0) is 4.84 Å². The summed E-state index contributed by atoms with van der Waals surface area (Å²) in [7, 11) is -1.41. The van der Waals surface area contributed by atoms with Crippen molar-refractivity contribution in [1.82, 2.24) is 0 Å². The van der Waals surface area contributed by atoms with Crippen LogP contribution in [0, 0.1) is 17.3 Å². The highest BCUT2D eigenvalue weighted by atomic mass is 28.3. The minimum atomic E-state index is -1.41. The first-order valence-corrected chi connectivity index (χ1v) is 10.5. The first-order chi connectivity index (χ1) is 8.02. The van der Waals surface area contributed by atoms with E-state index in [4.69, 9.17) is 4.84 Å². The molecule has 4 rings (SSSR count). The van der Waals surface area contributed by atoms with Crippen LogP contribution in [0.5, 0.6) is 0 Å². The fourth-order valence-corrected chi connectivity index (χ4v) is 8.88. The Bertz CT molecular complexity index is 450. The third-order valence-corrected chi connectivity index (χ3v) is 8.95. The summed E-state index contributed by atoms with van der Waals surface area (Å²) in [6, 6.07) is 0. The van der Waals surface area contributed by atoms with Crippen LogP contribution in [0.15, 0.2) is 17.3 Å². The van der Waals surface area contributed by atoms with E-state index in [0.29, 0.717) is 11.3 Å². The quantitative estimate of drug-likeness (QED) is 0.514. The lowest BCUT2D eigenvalue weighted by atomic mass is 9.71. The summed E-state index contributed by atoms with van der Waals surface area (Å²) in [5.41, 5.74) is 1.73.